The number of ether oxygens (including phenoxy) is 2. The lowest BCUT2D eigenvalue weighted by Gasteiger charge is -2.40. The summed E-state index contributed by atoms with van der Waals surface area (Å²) in [6, 6.07) is 6.36. The van der Waals surface area contributed by atoms with Crippen LogP contribution in [0.25, 0.3) is 5.69 Å². The summed E-state index contributed by atoms with van der Waals surface area (Å²) in [6.07, 6.45) is 10.0. The summed E-state index contributed by atoms with van der Waals surface area (Å²) < 4.78 is 27.7. The second-order valence-electron chi connectivity index (χ2n) is 9.98. The molecule has 0 spiro atoms. The standard InChI is InChI=1S/C29H33FN6O4/c1-34(2)14-5-8-26(37)35-15-11-19(35)18-40-25-16-31-12-9-23(25)36-17-22(27-24(36)10-13-32-29(27)38)33-21-7-4-6-20(30)28(21)39-3/h4-9,12,16-17,19,33H,10-11,13-15,18H2,1-3H3,(H,32,38)/b8-5+/t19-/m0/s1. The molecule has 1 atom stereocenters. The molecule has 0 unspecified atom stereocenters. The fourth-order valence-electron chi connectivity index (χ4n) is 4.93. The number of anilines is 2. The Balaban J connectivity index is 1.40. The van der Waals surface area contributed by atoms with Crippen molar-refractivity contribution in [3.63, 3.8) is 0 Å². The predicted octanol–water partition coefficient (Wildman–Crippen LogP) is 3.15. The zero-order valence-corrected chi connectivity index (χ0v) is 22.8. The lowest BCUT2D eigenvalue weighted by Crippen LogP contribution is -2.53. The predicted molar refractivity (Wildman–Crippen MR) is 149 cm³/mol. The quantitative estimate of drug-likeness (QED) is 0.376. The molecular weight excluding hydrogens is 515 g/mol. The van der Waals surface area contributed by atoms with Crippen LogP contribution in [0.3, 0.4) is 0 Å². The van der Waals surface area contributed by atoms with Gasteiger partial charge in [-0.2, -0.15) is 0 Å². The highest BCUT2D eigenvalue weighted by Crippen LogP contribution is 2.36. The third kappa shape index (κ3) is 5.50. The molecule has 11 heteroatoms. The normalized spacial score (nSPS) is 16.5. The Morgan fingerprint density at radius 3 is 2.90 bits per heavy atom. The molecule has 0 saturated carbocycles. The molecular formula is C29H33FN6O4. The lowest BCUT2D eigenvalue weighted by atomic mass is 10.0. The molecule has 2 aliphatic rings. The first-order chi connectivity index (χ1) is 19.4. The second kappa shape index (κ2) is 11.8. The number of methoxy groups -OCH3 is 1. The number of aromatic nitrogens is 2. The van der Waals surface area contributed by atoms with Crippen LogP contribution in [0, 0.1) is 5.82 Å². The molecule has 10 nitrogen and oxygen atoms in total. The molecule has 40 heavy (non-hydrogen) atoms. The van der Waals surface area contributed by atoms with E-state index in [9.17, 15) is 14.0 Å². The van der Waals surface area contributed by atoms with E-state index in [-0.39, 0.29) is 23.6 Å². The summed E-state index contributed by atoms with van der Waals surface area (Å²) in [4.78, 5) is 33.6. The van der Waals surface area contributed by atoms with Gasteiger partial charge in [0.2, 0.25) is 5.91 Å². The first kappa shape index (κ1) is 27.2. The number of carbonyl (C=O) groups is 2. The van der Waals surface area contributed by atoms with E-state index in [4.69, 9.17) is 9.47 Å². The van der Waals surface area contributed by atoms with Gasteiger partial charge in [-0.3, -0.25) is 14.6 Å². The fraction of sp³-hybridized carbons (Fsp3) is 0.345. The van der Waals surface area contributed by atoms with E-state index in [1.807, 2.05) is 35.7 Å². The van der Waals surface area contributed by atoms with Gasteiger partial charge < -0.3 is 34.5 Å². The van der Waals surface area contributed by atoms with Crippen LogP contribution in [-0.2, 0) is 11.2 Å². The van der Waals surface area contributed by atoms with E-state index < -0.39 is 5.82 Å². The highest BCUT2D eigenvalue weighted by Gasteiger charge is 2.32. The topological polar surface area (TPSA) is 101 Å². The van der Waals surface area contributed by atoms with Crippen molar-refractivity contribution in [1.29, 1.82) is 0 Å². The highest BCUT2D eigenvalue weighted by atomic mass is 19.1. The van der Waals surface area contributed by atoms with Gasteiger partial charge >= 0.3 is 0 Å². The smallest absolute Gasteiger partial charge is 0.255 e. The molecule has 210 valence electrons. The highest BCUT2D eigenvalue weighted by molar-refractivity contribution is 6.03. The van der Waals surface area contributed by atoms with Gasteiger partial charge in [-0.1, -0.05) is 12.1 Å². The first-order valence-electron chi connectivity index (χ1n) is 13.2. The van der Waals surface area contributed by atoms with Crippen LogP contribution < -0.4 is 20.1 Å². The second-order valence-corrected chi connectivity index (χ2v) is 9.98. The van der Waals surface area contributed by atoms with E-state index in [0.717, 1.165) is 12.1 Å². The monoisotopic (exact) mass is 548 g/mol. The molecule has 2 amide bonds. The van der Waals surface area contributed by atoms with Gasteiger partial charge in [0.15, 0.2) is 17.3 Å². The Kier molecular flexibility index (Phi) is 8.01. The number of benzene rings is 1. The molecule has 1 saturated heterocycles. The van der Waals surface area contributed by atoms with Crippen molar-refractivity contribution in [2.24, 2.45) is 0 Å². The van der Waals surface area contributed by atoms with Crippen molar-refractivity contribution in [1.82, 2.24) is 24.7 Å². The van der Waals surface area contributed by atoms with E-state index >= 15 is 0 Å². The van der Waals surface area contributed by atoms with Crippen LogP contribution in [0.15, 0.2) is 55.0 Å². The van der Waals surface area contributed by atoms with E-state index in [1.165, 1.54) is 13.2 Å². The lowest BCUT2D eigenvalue weighted by molar-refractivity contribution is -0.134. The van der Waals surface area contributed by atoms with E-state index in [0.29, 0.717) is 61.0 Å². The summed E-state index contributed by atoms with van der Waals surface area (Å²) >= 11 is 0. The van der Waals surface area contributed by atoms with Gasteiger partial charge in [0.05, 0.1) is 42.0 Å². The number of likely N-dealkylation sites (N-methyl/N-ethyl adjacent to an activating group) is 1. The summed E-state index contributed by atoms with van der Waals surface area (Å²) in [7, 11) is 5.30. The zero-order chi connectivity index (χ0) is 28.2. The maximum atomic E-state index is 14.3. The largest absolute Gasteiger partial charge is 0.492 e. The minimum absolute atomic E-state index is 0.0258. The number of amides is 2. The van der Waals surface area contributed by atoms with E-state index in [2.05, 4.69) is 15.6 Å². The van der Waals surface area contributed by atoms with Gasteiger partial charge in [0.1, 0.15) is 6.61 Å². The summed E-state index contributed by atoms with van der Waals surface area (Å²) in [5, 5.41) is 6.07. The van der Waals surface area contributed by atoms with Crippen molar-refractivity contribution in [2.75, 3.05) is 52.8 Å². The Labute approximate surface area is 232 Å². The fourth-order valence-corrected chi connectivity index (χ4v) is 4.93. The maximum absolute atomic E-state index is 14.3. The molecule has 2 N–H and O–H groups in total. The molecule has 2 aromatic heterocycles. The number of likely N-dealkylation sites (tertiary alicyclic amines) is 1. The summed E-state index contributed by atoms with van der Waals surface area (Å²) in [5.41, 5.74) is 2.90. The first-order valence-corrected chi connectivity index (χ1v) is 13.2. The van der Waals surface area contributed by atoms with Crippen molar-refractivity contribution in [3.8, 4) is 17.2 Å². The van der Waals surface area contributed by atoms with Crippen LogP contribution >= 0.6 is 0 Å². The number of nitrogens with one attached hydrogen (secondary N) is 2. The molecule has 1 fully saturated rings. The SMILES string of the molecule is COc1c(F)cccc1Nc1cn(-c2ccncc2OC[C@@H]2CCN2C(=O)/C=C/CN(C)C)c2c1C(=O)NCC2. The number of rotatable bonds is 10. The van der Waals surface area contributed by atoms with Gasteiger partial charge in [-0.15, -0.1) is 0 Å². The number of fused-ring (bicyclic) bond motifs is 1. The molecule has 3 aromatic rings. The number of carbonyl (C=O) groups excluding carboxylic acids is 2. The third-order valence-corrected chi connectivity index (χ3v) is 7.03. The van der Waals surface area contributed by atoms with Crippen molar-refractivity contribution >= 4 is 23.2 Å². The Bertz CT molecular complexity index is 1440. The number of nitrogens with zero attached hydrogens (tertiary/aromatic N) is 4. The maximum Gasteiger partial charge on any atom is 0.255 e. The van der Waals surface area contributed by atoms with Crippen LogP contribution in [0.4, 0.5) is 15.8 Å². The molecule has 0 bridgehead atoms. The van der Waals surface area contributed by atoms with Crippen LogP contribution in [0.2, 0.25) is 0 Å². The van der Waals surface area contributed by atoms with Crippen LogP contribution in [-0.4, -0.2) is 84.7 Å². The minimum Gasteiger partial charge on any atom is -0.492 e. The van der Waals surface area contributed by atoms with Crippen molar-refractivity contribution in [2.45, 2.75) is 18.9 Å². The number of halogens is 1. The van der Waals surface area contributed by atoms with Crippen LogP contribution in [0.5, 0.6) is 11.5 Å². The summed E-state index contributed by atoms with van der Waals surface area (Å²) in [6.45, 7) is 2.20. The van der Waals surface area contributed by atoms with Crippen molar-refractivity contribution < 1.29 is 23.5 Å². The van der Waals surface area contributed by atoms with Gasteiger partial charge in [0, 0.05) is 50.2 Å². The van der Waals surface area contributed by atoms with Gasteiger partial charge in [0.25, 0.3) is 5.91 Å². The van der Waals surface area contributed by atoms with E-state index in [1.54, 1.807) is 41.7 Å². The number of pyridine rings is 1. The Morgan fingerprint density at radius 2 is 2.15 bits per heavy atom. The van der Waals surface area contributed by atoms with Gasteiger partial charge in [-0.25, -0.2) is 4.39 Å². The molecule has 1 aromatic carbocycles. The molecule has 0 aliphatic carbocycles. The Morgan fingerprint density at radius 1 is 1.30 bits per heavy atom. The molecule has 2 aliphatic heterocycles. The molecule has 4 heterocycles. The Hall–Kier alpha value is -4.38. The number of hydrogen-bond acceptors (Lipinski definition) is 7. The molecule has 5 rings (SSSR count). The van der Waals surface area contributed by atoms with Gasteiger partial charge in [-0.05, 0) is 38.7 Å². The van der Waals surface area contributed by atoms with Crippen LogP contribution in [0.1, 0.15) is 22.5 Å². The van der Waals surface area contributed by atoms with Crippen molar-refractivity contribution in [3.05, 3.63) is 72.1 Å². The number of para-hydroxylation sites is 1. The number of hydrogen-bond donors (Lipinski definition) is 2. The zero-order valence-electron chi connectivity index (χ0n) is 22.8. The average molecular weight is 549 g/mol. The third-order valence-electron chi connectivity index (χ3n) is 7.03. The molecule has 0 radical (unpaired) electrons. The average Bonchev–Trinajstić information content (AvgIpc) is 3.27. The summed E-state index contributed by atoms with van der Waals surface area (Å²) in [5.74, 6) is -0.165. The minimum atomic E-state index is -0.508.